The van der Waals surface area contributed by atoms with Gasteiger partial charge in [0.1, 0.15) is 5.82 Å². The first kappa shape index (κ1) is 25.1. The Kier molecular flexibility index (Phi) is 7.12. The third-order valence-corrected chi connectivity index (χ3v) is 7.73. The van der Waals surface area contributed by atoms with Crippen LogP contribution in [0.2, 0.25) is 5.02 Å². The van der Waals surface area contributed by atoms with E-state index in [1.54, 1.807) is 29.2 Å². The van der Waals surface area contributed by atoms with E-state index in [9.17, 15) is 17.6 Å². The quantitative estimate of drug-likeness (QED) is 0.501. The van der Waals surface area contributed by atoms with Crippen molar-refractivity contribution in [1.82, 2.24) is 9.88 Å². The van der Waals surface area contributed by atoms with Crippen molar-refractivity contribution in [3.8, 4) is 0 Å². The van der Waals surface area contributed by atoms with E-state index in [1.807, 2.05) is 13.8 Å². The molecule has 1 aromatic heterocycles. The molecule has 0 atom stereocenters. The predicted octanol–water partition coefficient (Wildman–Crippen LogP) is 4.90. The molecule has 0 bridgehead atoms. The summed E-state index contributed by atoms with van der Waals surface area (Å²) in [6, 6.07) is 11.2. The minimum Gasteiger partial charge on any atom is -0.355 e. The summed E-state index contributed by atoms with van der Waals surface area (Å²) in [5.74, 6) is -0.301. The van der Waals surface area contributed by atoms with Crippen LogP contribution in [-0.4, -0.2) is 37.3 Å². The van der Waals surface area contributed by atoms with Crippen LogP contribution in [0, 0.1) is 19.7 Å². The number of primary sulfonamides is 1. The second kappa shape index (κ2) is 9.93. The molecular formula is C25H26ClFN4O3S. The molecule has 1 fully saturated rings. The molecule has 0 unspecified atom stereocenters. The van der Waals surface area contributed by atoms with E-state index in [0.717, 1.165) is 29.5 Å². The van der Waals surface area contributed by atoms with Gasteiger partial charge in [-0.3, -0.25) is 4.79 Å². The van der Waals surface area contributed by atoms with Crippen molar-refractivity contribution < 1.29 is 17.6 Å². The number of anilines is 2. The molecule has 3 N–H and O–H groups in total. The van der Waals surface area contributed by atoms with Crippen molar-refractivity contribution >= 4 is 38.9 Å². The zero-order valence-electron chi connectivity index (χ0n) is 19.4. The maximum absolute atomic E-state index is 13.5. The molecule has 4 rings (SSSR count). The summed E-state index contributed by atoms with van der Waals surface area (Å²) in [5, 5.41) is 8.73. The Bertz CT molecular complexity index is 1370. The molecule has 35 heavy (non-hydrogen) atoms. The van der Waals surface area contributed by atoms with Crippen molar-refractivity contribution in [2.75, 3.05) is 18.4 Å². The van der Waals surface area contributed by atoms with Gasteiger partial charge in [0.15, 0.2) is 5.03 Å². The molecule has 2 heterocycles. The van der Waals surface area contributed by atoms with Crippen molar-refractivity contribution in [2.24, 2.45) is 5.14 Å². The van der Waals surface area contributed by atoms with Gasteiger partial charge in [-0.1, -0.05) is 23.7 Å². The van der Waals surface area contributed by atoms with Crippen LogP contribution in [0.1, 0.15) is 45.8 Å². The number of nitrogens with zero attached hydrogens (tertiary/aromatic N) is 2. The maximum Gasteiger partial charge on any atom is 0.257 e. The summed E-state index contributed by atoms with van der Waals surface area (Å²) in [5.41, 5.74) is 4.00. The molecule has 2 aromatic carbocycles. The highest BCUT2D eigenvalue weighted by atomic mass is 35.5. The summed E-state index contributed by atoms with van der Waals surface area (Å²) < 4.78 is 37.1. The Hall–Kier alpha value is -3.01. The second-order valence-electron chi connectivity index (χ2n) is 8.70. The van der Waals surface area contributed by atoms with Gasteiger partial charge in [-0.25, -0.2) is 22.9 Å². The molecule has 0 saturated carbocycles. The average Bonchev–Trinajstić information content (AvgIpc) is 2.84. The van der Waals surface area contributed by atoms with Crippen LogP contribution in [0.15, 0.2) is 53.7 Å². The SMILES string of the molecule is Cc1c(Cl)ccc(Nc2cc(S(N)(=O)=O)ncc2C(=O)N2CCC(c3ccc(F)cc3)CC2)c1C. The Morgan fingerprint density at radius 1 is 1.09 bits per heavy atom. The van der Waals surface area contributed by atoms with Crippen LogP contribution in [0.25, 0.3) is 0 Å². The summed E-state index contributed by atoms with van der Waals surface area (Å²) in [6.45, 7) is 4.78. The first-order chi connectivity index (χ1) is 16.5. The second-order valence-corrected chi connectivity index (χ2v) is 10.6. The highest BCUT2D eigenvalue weighted by Crippen LogP contribution is 2.32. The molecule has 7 nitrogen and oxygen atoms in total. The standard InChI is InChI=1S/C25H26ClFN4O3S/c1-15-16(2)22(8-7-21(15)26)30-23-13-24(35(28,33)34)29-14-20(23)25(32)31-11-9-18(10-12-31)17-3-5-19(27)6-4-17/h3-8,13-14,18H,9-12H2,1-2H3,(H,29,30)(H2,28,33,34). The van der Waals surface area contributed by atoms with E-state index in [1.165, 1.54) is 24.4 Å². The number of hydrogen-bond donors (Lipinski definition) is 2. The Balaban J connectivity index is 1.61. The molecule has 1 saturated heterocycles. The van der Waals surface area contributed by atoms with Crippen LogP contribution in [-0.2, 0) is 10.0 Å². The van der Waals surface area contributed by atoms with E-state index in [2.05, 4.69) is 10.3 Å². The van der Waals surface area contributed by atoms with Gasteiger partial charge in [0.25, 0.3) is 15.9 Å². The number of aromatic nitrogens is 1. The molecule has 1 aliphatic heterocycles. The summed E-state index contributed by atoms with van der Waals surface area (Å²) in [4.78, 5) is 19.1. The van der Waals surface area contributed by atoms with Gasteiger partial charge in [0, 0.05) is 36.1 Å². The largest absolute Gasteiger partial charge is 0.355 e. The number of nitrogens with one attached hydrogen (secondary N) is 1. The minimum absolute atomic E-state index is 0.236. The zero-order chi connectivity index (χ0) is 25.3. The number of likely N-dealkylation sites (tertiary alicyclic amines) is 1. The topological polar surface area (TPSA) is 105 Å². The molecule has 0 aliphatic carbocycles. The number of nitrogens with two attached hydrogens (primary N) is 1. The van der Waals surface area contributed by atoms with Crippen molar-refractivity contribution in [3.63, 3.8) is 0 Å². The highest BCUT2D eigenvalue weighted by molar-refractivity contribution is 7.89. The lowest BCUT2D eigenvalue weighted by molar-refractivity contribution is 0.0713. The van der Waals surface area contributed by atoms with Crippen LogP contribution < -0.4 is 10.5 Å². The maximum atomic E-state index is 13.5. The average molecular weight is 517 g/mol. The molecule has 1 amide bonds. The van der Waals surface area contributed by atoms with Crippen LogP contribution in [0.5, 0.6) is 0 Å². The predicted molar refractivity (Wildman–Crippen MR) is 134 cm³/mol. The normalized spacial score (nSPS) is 14.7. The smallest absolute Gasteiger partial charge is 0.257 e. The van der Waals surface area contributed by atoms with Gasteiger partial charge in [0.05, 0.1) is 11.3 Å². The fourth-order valence-corrected chi connectivity index (χ4v) is 4.94. The third-order valence-electron chi connectivity index (χ3n) is 6.51. The lowest BCUT2D eigenvalue weighted by atomic mass is 9.89. The van der Waals surface area contributed by atoms with Crippen molar-refractivity contribution in [1.29, 1.82) is 0 Å². The number of carbonyl (C=O) groups is 1. The number of rotatable bonds is 5. The van der Waals surface area contributed by atoms with E-state index in [-0.39, 0.29) is 28.2 Å². The Morgan fingerprint density at radius 3 is 2.37 bits per heavy atom. The van der Waals surface area contributed by atoms with Gasteiger partial charge in [0.2, 0.25) is 0 Å². The van der Waals surface area contributed by atoms with Crippen molar-refractivity contribution in [3.05, 3.63) is 81.8 Å². The van der Waals surface area contributed by atoms with Crippen LogP contribution >= 0.6 is 11.6 Å². The number of benzene rings is 2. The number of sulfonamides is 1. The highest BCUT2D eigenvalue weighted by Gasteiger charge is 2.27. The van der Waals surface area contributed by atoms with E-state index in [4.69, 9.17) is 16.7 Å². The zero-order valence-corrected chi connectivity index (χ0v) is 21.0. The van der Waals surface area contributed by atoms with E-state index >= 15 is 0 Å². The molecule has 10 heteroatoms. The lowest BCUT2D eigenvalue weighted by Gasteiger charge is -2.32. The third kappa shape index (κ3) is 5.47. The fourth-order valence-electron chi connectivity index (χ4n) is 4.25. The number of amides is 1. The number of halogens is 2. The Morgan fingerprint density at radius 2 is 1.74 bits per heavy atom. The summed E-state index contributed by atoms with van der Waals surface area (Å²) >= 11 is 6.21. The van der Waals surface area contributed by atoms with Crippen LogP contribution in [0.3, 0.4) is 0 Å². The van der Waals surface area contributed by atoms with E-state index in [0.29, 0.717) is 29.5 Å². The molecule has 0 spiro atoms. The van der Waals surface area contributed by atoms with Gasteiger partial charge in [-0.2, -0.15) is 0 Å². The molecular weight excluding hydrogens is 491 g/mol. The van der Waals surface area contributed by atoms with Gasteiger partial charge >= 0.3 is 0 Å². The van der Waals surface area contributed by atoms with Gasteiger partial charge in [-0.05, 0) is 73.6 Å². The van der Waals surface area contributed by atoms with Gasteiger partial charge in [-0.15, -0.1) is 0 Å². The number of pyridine rings is 1. The number of piperidine rings is 1. The fraction of sp³-hybridized carbons (Fsp3) is 0.280. The van der Waals surface area contributed by atoms with Crippen LogP contribution in [0.4, 0.5) is 15.8 Å². The molecule has 1 aliphatic rings. The summed E-state index contributed by atoms with van der Waals surface area (Å²) in [6.07, 6.45) is 2.71. The first-order valence-corrected chi connectivity index (χ1v) is 13.1. The molecule has 0 radical (unpaired) electrons. The van der Waals surface area contributed by atoms with E-state index < -0.39 is 10.0 Å². The molecule has 184 valence electrons. The molecule has 3 aromatic rings. The minimum atomic E-state index is -4.07. The number of hydrogen-bond acceptors (Lipinski definition) is 5. The number of carbonyl (C=O) groups excluding carboxylic acids is 1. The monoisotopic (exact) mass is 516 g/mol. The summed E-state index contributed by atoms with van der Waals surface area (Å²) in [7, 11) is -4.07. The first-order valence-electron chi connectivity index (χ1n) is 11.1. The Labute approximate surface area is 209 Å². The lowest BCUT2D eigenvalue weighted by Crippen LogP contribution is -2.38. The van der Waals surface area contributed by atoms with Crippen molar-refractivity contribution in [2.45, 2.75) is 37.6 Å². The van der Waals surface area contributed by atoms with Gasteiger partial charge < -0.3 is 10.2 Å².